The third-order valence-electron chi connectivity index (χ3n) is 3.79. The van der Waals surface area contributed by atoms with E-state index in [1.165, 1.54) is 6.07 Å². The van der Waals surface area contributed by atoms with Crippen LogP contribution in [-0.4, -0.2) is 18.3 Å². The maximum absolute atomic E-state index is 12.8. The molecular weight excluding hydrogens is 465 g/mol. The molecule has 7 heteroatoms. The van der Waals surface area contributed by atoms with Crippen LogP contribution in [0, 0.1) is 0 Å². The number of rotatable bonds is 6. The maximum atomic E-state index is 12.8. The molecule has 0 bridgehead atoms. The first-order valence-electron chi connectivity index (χ1n) is 8.21. The number of halogens is 3. The normalized spacial score (nSPS) is 10.4. The topological polar surface area (TPSA) is 55.4 Å². The average Bonchev–Trinajstić information content (AvgIpc) is 2.69. The fourth-order valence-corrected chi connectivity index (χ4v) is 3.45. The third kappa shape index (κ3) is 5.13. The SMILES string of the molecule is O=C(COc1ccc(Cl)cc1Br)Nc1ccc(Cl)cc1C(=O)c1ccccc1. The van der Waals surface area contributed by atoms with Gasteiger partial charge >= 0.3 is 0 Å². The first kappa shape index (κ1) is 20.4. The predicted molar refractivity (Wildman–Crippen MR) is 115 cm³/mol. The minimum absolute atomic E-state index is 0.234. The Morgan fingerprint density at radius 3 is 2.32 bits per heavy atom. The standard InChI is InChI=1S/C21H14BrCl2NO3/c22-17-11-15(24)7-9-19(17)28-12-20(26)25-18-8-6-14(23)10-16(18)21(27)13-4-2-1-3-5-13/h1-11H,12H2,(H,25,26). The molecule has 3 rings (SSSR count). The maximum Gasteiger partial charge on any atom is 0.262 e. The Morgan fingerprint density at radius 1 is 0.929 bits per heavy atom. The Morgan fingerprint density at radius 2 is 1.61 bits per heavy atom. The molecule has 0 fully saturated rings. The zero-order chi connectivity index (χ0) is 20.1. The summed E-state index contributed by atoms with van der Waals surface area (Å²) >= 11 is 15.3. The van der Waals surface area contributed by atoms with Crippen LogP contribution in [0.15, 0.2) is 71.2 Å². The van der Waals surface area contributed by atoms with Gasteiger partial charge in [-0.1, -0.05) is 53.5 Å². The van der Waals surface area contributed by atoms with Crippen LogP contribution in [0.3, 0.4) is 0 Å². The van der Waals surface area contributed by atoms with Crippen LogP contribution in [0.5, 0.6) is 5.75 Å². The summed E-state index contributed by atoms with van der Waals surface area (Å²) in [4.78, 5) is 25.1. The van der Waals surface area contributed by atoms with Crippen molar-refractivity contribution >= 4 is 56.5 Å². The van der Waals surface area contributed by atoms with Gasteiger partial charge in [-0.3, -0.25) is 9.59 Å². The molecule has 4 nitrogen and oxygen atoms in total. The molecular formula is C21H14BrCl2NO3. The largest absolute Gasteiger partial charge is 0.483 e. The lowest BCUT2D eigenvalue weighted by molar-refractivity contribution is -0.118. The van der Waals surface area contributed by atoms with Gasteiger partial charge < -0.3 is 10.1 Å². The van der Waals surface area contributed by atoms with Crippen LogP contribution >= 0.6 is 39.1 Å². The van der Waals surface area contributed by atoms with E-state index >= 15 is 0 Å². The number of ketones is 1. The highest BCUT2D eigenvalue weighted by atomic mass is 79.9. The molecule has 0 aliphatic heterocycles. The molecule has 0 unspecified atom stereocenters. The monoisotopic (exact) mass is 477 g/mol. The highest BCUT2D eigenvalue weighted by Gasteiger charge is 2.16. The van der Waals surface area contributed by atoms with Crippen molar-refractivity contribution in [3.63, 3.8) is 0 Å². The highest BCUT2D eigenvalue weighted by molar-refractivity contribution is 9.10. The van der Waals surface area contributed by atoms with Crippen LogP contribution < -0.4 is 10.1 Å². The number of benzene rings is 3. The van der Waals surface area contributed by atoms with Gasteiger partial charge in [-0.15, -0.1) is 0 Å². The molecule has 0 aliphatic carbocycles. The van der Waals surface area contributed by atoms with Gasteiger partial charge in [0.2, 0.25) is 0 Å². The van der Waals surface area contributed by atoms with E-state index in [0.29, 0.717) is 37.1 Å². The summed E-state index contributed by atoms with van der Waals surface area (Å²) in [5.74, 6) is -0.165. The summed E-state index contributed by atoms with van der Waals surface area (Å²) < 4.78 is 6.14. The van der Waals surface area contributed by atoms with Gasteiger partial charge in [0.25, 0.3) is 5.91 Å². The molecule has 0 radical (unpaired) electrons. The molecule has 3 aromatic carbocycles. The lowest BCUT2D eigenvalue weighted by atomic mass is 10.0. The first-order chi connectivity index (χ1) is 13.4. The first-order valence-corrected chi connectivity index (χ1v) is 9.76. The third-order valence-corrected chi connectivity index (χ3v) is 4.88. The number of carbonyl (C=O) groups is 2. The summed E-state index contributed by atoms with van der Waals surface area (Å²) in [7, 11) is 0. The lowest BCUT2D eigenvalue weighted by Gasteiger charge is -2.12. The van der Waals surface area contributed by atoms with E-state index in [9.17, 15) is 9.59 Å². The van der Waals surface area contributed by atoms with E-state index in [-0.39, 0.29) is 12.4 Å². The van der Waals surface area contributed by atoms with Crippen molar-refractivity contribution in [3.8, 4) is 5.75 Å². The zero-order valence-electron chi connectivity index (χ0n) is 14.4. The van der Waals surface area contributed by atoms with Gasteiger partial charge in [-0.05, 0) is 52.3 Å². The van der Waals surface area contributed by atoms with E-state index in [1.54, 1.807) is 54.6 Å². The average molecular weight is 479 g/mol. The summed E-state index contributed by atoms with van der Waals surface area (Å²) in [6.45, 7) is -0.234. The van der Waals surface area contributed by atoms with Gasteiger partial charge in [0.1, 0.15) is 5.75 Å². The minimum Gasteiger partial charge on any atom is -0.483 e. The second-order valence-corrected chi connectivity index (χ2v) is 7.52. The highest BCUT2D eigenvalue weighted by Crippen LogP contribution is 2.28. The zero-order valence-corrected chi connectivity index (χ0v) is 17.5. The molecule has 0 aliphatic rings. The molecule has 0 spiro atoms. The van der Waals surface area contributed by atoms with Crippen molar-refractivity contribution in [2.24, 2.45) is 0 Å². The molecule has 0 saturated carbocycles. The number of hydrogen-bond acceptors (Lipinski definition) is 3. The van der Waals surface area contributed by atoms with Gasteiger partial charge in [0.15, 0.2) is 12.4 Å². The van der Waals surface area contributed by atoms with Crippen LogP contribution in [0.4, 0.5) is 5.69 Å². The molecule has 1 N–H and O–H groups in total. The fraction of sp³-hybridized carbons (Fsp3) is 0.0476. The van der Waals surface area contributed by atoms with E-state index in [1.807, 2.05) is 6.07 Å². The van der Waals surface area contributed by atoms with Gasteiger partial charge in [0.05, 0.1) is 10.2 Å². The van der Waals surface area contributed by atoms with Crippen molar-refractivity contribution in [1.82, 2.24) is 0 Å². The molecule has 3 aromatic rings. The molecule has 28 heavy (non-hydrogen) atoms. The van der Waals surface area contributed by atoms with Crippen molar-refractivity contribution < 1.29 is 14.3 Å². The van der Waals surface area contributed by atoms with E-state index < -0.39 is 5.91 Å². The van der Waals surface area contributed by atoms with Gasteiger partial charge in [-0.2, -0.15) is 0 Å². The molecule has 142 valence electrons. The summed E-state index contributed by atoms with van der Waals surface area (Å²) in [6, 6.07) is 18.5. The van der Waals surface area contributed by atoms with Gasteiger partial charge in [-0.25, -0.2) is 0 Å². The van der Waals surface area contributed by atoms with Crippen molar-refractivity contribution in [1.29, 1.82) is 0 Å². The second kappa shape index (κ2) is 9.24. The quantitative estimate of drug-likeness (QED) is 0.441. The van der Waals surface area contributed by atoms with E-state index in [2.05, 4.69) is 21.2 Å². The second-order valence-electron chi connectivity index (χ2n) is 5.80. The minimum atomic E-state index is -0.411. The Hall–Kier alpha value is -2.34. The van der Waals surface area contributed by atoms with Crippen LogP contribution in [-0.2, 0) is 4.79 Å². The van der Waals surface area contributed by atoms with Crippen LogP contribution in [0.1, 0.15) is 15.9 Å². The molecule has 0 heterocycles. The van der Waals surface area contributed by atoms with Crippen LogP contribution in [0.2, 0.25) is 10.0 Å². The number of hydrogen-bond donors (Lipinski definition) is 1. The van der Waals surface area contributed by atoms with Crippen LogP contribution in [0.25, 0.3) is 0 Å². The van der Waals surface area contributed by atoms with E-state index in [4.69, 9.17) is 27.9 Å². The Bertz CT molecular complexity index is 1030. The van der Waals surface area contributed by atoms with Crippen molar-refractivity contribution in [2.75, 3.05) is 11.9 Å². The number of anilines is 1. The summed E-state index contributed by atoms with van der Waals surface area (Å²) in [6.07, 6.45) is 0. The summed E-state index contributed by atoms with van der Waals surface area (Å²) in [5.41, 5.74) is 1.17. The van der Waals surface area contributed by atoms with E-state index in [0.717, 1.165) is 0 Å². The smallest absolute Gasteiger partial charge is 0.262 e. The number of carbonyl (C=O) groups excluding carboxylic acids is 2. The fourth-order valence-electron chi connectivity index (χ4n) is 2.48. The Balaban J connectivity index is 1.75. The number of amides is 1. The molecule has 0 atom stereocenters. The van der Waals surface area contributed by atoms with Gasteiger partial charge in [0, 0.05) is 21.2 Å². The number of nitrogens with one attached hydrogen (secondary N) is 1. The molecule has 1 amide bonds. The molecule has 0 aromatic heterocycles. The number of ether oxygens (including phenoxy) is 1. The lowest BCUT2D eigenvalue weighted by Crippen LogP contribution is -2.21. The van der Waals surface area contributed by atoms with Crippen molar-refractivity contribution in [2.45, 2.75) is 0 Å². The Labute approximate surface area is 180 Å². The predicted octanol–water partition coefficient (Wildman–Crippen LogP) is 6.00. The molecule has 0 saturated heterocycles. The van der Waals surface area contributed by atoms with Crippen molar-refractivity contribution in [3.05, 3.63) is 92.4 Å². The Kier molecular flexibility index (Phi) is 6.73. The summed E-state index contributed by atoms with van der Waals surface area (Å²) in [5, 5.41) is 3.66.